The molecule has 1 aliphatic carbocycles. The Morgan fingerprint density at radius 2 is 0.817 bits per heavy atom. The molecule has 0 bridgehead atoms. The average Bonchev–Trinajstić information content (AvgIpc) is 3.76. The second-order valence-corrected chi connectivity index (χ2v) is 17.2. The van der Waals surface area contributed by atoms with Crippen LogP contribution in [0.25, 0.3) is 115 Å². The highest BCUT2D eigenvalue weighted by atomic mass is 15.0. The van der Waals surface area contributed by atoms with Gasteiger partial charge in [-0.2, -0.15) is 0 Å². The fourth-order valence-electron chi connectivity index (χ4n) is 11.3. The third-order valence-electron chi connectivity index (χ3n) is 13.7. The van der Waals surface area contributed by atoms with E-state index >= 15 is 0 Å². The Balaban J connectivity index is 1.07. The number of hydrogen-bond donors (Lipinski definition) is 0. The first kappa shape index (κ1) is 33.5. The van der Waals surface area contributed by atoms with Crippen molar-refractivity contribution in [3.8, 4) is 39.1 Å². The zero-order valence-electron chi connectivity index (χ0n) is 33.5. The van der Waals surface area contributed by atoms with Crippen LogP contribution in [0, 0.1) is 0 Å². The SMILES string of the molecule is CC1(C)c2c(ccc3ccccc23)-c2c1c1ccc(-c3c4ccccc4c(-c4ccc5c(c4)c4ccccc4n5-c4ccccc4)c4ccccc34)cc1c1ccccc21. The van der Waals surface area contributed by atoms with Crippen molar-refractivity contribution < 1.29 is 0 Å². The molecule has 0 unspecified atom stereocenters. The summed E-state index contributed by atoms with van der Waals surface area (Å²) in [6.07, 6.45) is 0. The summed E-state index contributed by atoms with van der Waals surface area (Å²) in [5.41, 5.74) is 14.1. The van der Waals surface area contributed by atoms with Gasteiger partial charge in [0.1, 0.15) is 0 Å². The molecular formula is C59H39N. The maximum absolute atomic E-state index is 2.49. The highest BCUT2D eigenvalue weighted by molar-refractivity contribution is 6.25. The number of rotatable bonds is 3. The molecule has 0 atom stereocenters. The summed E-state index contributed by atoms with van der Waals surface area (Å²) in [6.45, 7) is 4.87. The molecule has 11 aromatic carbocycles. The van der Waals surface area contributed by atoms with E-state index in [0.717, 1.165) is 0 Å². The summed E-state index contributed by atoms with van der Waals surface area (Å²) in [6, 6.07) is 74.7. The minimum absolute atomic E-state index is 0.176. The lowest BCUT2D eigenvalue weighted by atomic mass is 9.77. The third-order valence-corrected chi connectivity index (χ3v) is 13.7. The molecule has 0 saturated heterocycles. The van der Waals surface area contributed by atoms with Crippen LogP contribution in [-0.4, -0.2) is 4.57 Å². The predicted octanol–water partition coefficient (Wildman–Crippen LogP) is 16.2. The van der Waals surface area contributed by atoms with Crippen LogP contribution in [0.5, 0.6) is 0 Å². The van der Waals surface area contributed by atoms with E-state index in [4.69, 9.17) is 0 Å². The van der Waals surface area contributed by atoms with Crippen molar-refractivity contribution in [2.24, 2.45) is 0 Å². The van der Waals surface area contributed by atoms with E-state index in [2.05, 4.69) is 219 Å². The molecule has 0 amide bonds. The van der Waals surface area contributed by atoms with Gasteiger partial charge in [-0.05, 0) is 135 Å². The van der Waals surface area contributed by atoms with Gasteiger partial charge in [0.2, 0.25) is 0 Å². The summed E-state index contributed by atoms with van der Waals surface area (Å²) in [5, 5.41) is 15.5. The second-order valence-electron chi connectivity index (χ2n) is 17.2. The fourth-order valence-corrected chi connectivity index (χ4v) is 11.3. The minimum Gasteiger partial charge on any atom is -0.309 e. The lowest BCUT2D eigenvalue weighted by Gasteiger charge is -2.25. The van der Waals surface area contributed by atoms with Crippen LogP contribution in [0.3, 0.4) is 0 Å². The van der Waals surface area contributed by atoms with Gasteiger partial charge in [0.15, 0.2) is 0 Å². The van der Waals surface area contributed by atoms with Crippen LogP contribution in [0.4, 0.5) is 0 Å². The molecular weight excluding hydrogens is 723 g/mol. The zero-order chi connectivity index (χ0) is 39.7. The van der Waals surface area contributed by atoms with Crippen molar-refractivity contribution in [1.29, 1.82) is 0 Å². The smallest absolute Gasteiger partial charge is 0.0541 e. The van der Waals surface area contributed by atoms with Crippen LogP contribution in [0.1, 0.15) is 25.0 Å². The molecule has 12 aromatic rings. The van der Waals surface area contributed by atoms with Crippen molar-refractivity contribution in [3.63, 3.8) is 0 Å². The topological polar surface area (TPSA) is 4.93 Å². The van der Waals surface area contributed by atoms with Crippen molar-refractivity contribution in [3.05, 3.63) is 211 Å². The summed E-state index contributed by atoms with van der Waals surface area (Å²) < 4.78 is 2.40. The molecule has 1 aromatic heterocycles. The van der Waals surface area contributed by atoms with E-state index in [9.17, 15) is 0 Å². The highest BCUT2D eigenvalue weighted by Gasteiger charge is 2.39. The van der Waals surface area contributed by atoms with Crippen molar-refractivity contribution in [2.45, 2.75) is 19.3 Å². The monoisotopic (exact) mass is 761 g/mol. The maximum Gasteiger partial charge on any atom is 0.0541 e. The zero-order valence-corrected chi connectivity index (χ0v) is 33.5. The molecule has 1 heterocycles. The molecule has 1 heteroatoms. The lowest BCUT2D eigenvalue weighted by molar-refractivity contribution is 0.672. The van der Waals surface area contributed by atoms with E-state index in [1.54, 1.807) is 0 Å². The molecule has 0 saturated carbocycles. The Kier molecular flexibility index (Phi) is 6.85. The van der Waals surface area contributed by atoms with E-state index in [1.807, 2.05) is 0 Å². The number of nitrogens with zero attached hydrogens (tertiary/aromatic N) is 1. The number of fused-ring (bicyclic) bond motifs is 15. The maximum atomic E-state index is 2.49. The first-order chi connectivity index (χ1) is 29.6. The van der Waals surface area contributed by atoms with E-state index in [-0.39, 0.29) is 5.41 Å². The Labute approximate surface area is 348 Å². The molecule has 0 spiro atoms. The Hall–Kier alpha value is -7.48. The Morgan fingerprint density at radius 1 is 0.317 bits per heavy atom. The Morgan fingerprint density at radius 3 is 1.48 bits per heavy atom. The summed E-state index contributed by atoms with van der Waals surface area (Å²) >= 11 is 0. The number of para-hydroxylation sites is 2. The molecule has 0 radical (unpaired) electrons. The predicted molar refractivity (Wildman–Crippen MR) is 257 cm³/mol. The van der Waals surface area contributed by atoms with Crippen LogP contribution < -0.4 is 0 Å². The number of aromatic nitrogens is 1. The van der Waals surface area contributed by atoms with Gasteiger partial charge in [-0.1, -0.05) is 178 Å². The Bertz CT molecular complexity index is 3730. The van der Waals surface area contributed by atoms with Crippen LogP contribution in [0.15, 0.2) is 200 Å². The van der Waals surface area contributed by atoms with E-state index in [0.29, 0.717) is 0 Å². The van der Waals surface area contributed by atoms with Gasteiger partial charge >= 0.3 is 0 Å². The van der Waals surface area contributed by atoms with Gasteiger partial charge in [-0.15, -0.1) is 0 Å². The van der Waals surface area contributed by atoms with Gasteiger partial charge < -0.3 is 4.57 Å². The average molecular weight is 762 g/mol. The molecule has 0 fully saturated rings. The molecule has 0 aliphatic heterocycles. The summed E-state index contributed by atoms with van der Waals surface area (Å²) in [5.74, 6) is 0. The fraction of sp³-hybridized carbons (Fsp3) is 0.0508. The van der Waals surface area contributed by atoms with Crippen molar-refractivity contribution >= 4 is 75.7 Å². The van der Waals surface area contributed by atoms with Crippen molar-refractivity contribution in [1.82, 2.24) is 4.57 Å². The summed E-state index contributed by atoms with van der Waals surface area (Å²) in [4.78, 5) is 0. The quantitative estimate of drug-likeness (QED) is 0.125. The van der Waals surface area contributed by atoms with Crippen molar-refractivity contribution in [2.75, 3.05) is 0 Å². The molecule has 1 aliphatic rings. The normalized spacial score (nSPS) is 13.3. The van der Waals surface area contributed by atoms with Gasteiger partial charge in [0, 0.05) is 21.9 Å². The van der Waals surface area contributed by atoms with Gasteiger partial charge in [-0.3, -0.25) is 0 Å². The van der Waals surface area contributed by atoms with Gasteiger partial charge in [0.05, 0.1) is 11.0 Å². The largest absolute Gasteiger partial charge is 0.309 e. The third kappa shape index (κ3) is 4.47. The first-order valence-corrected chi connectivity index (χ1v) is 21.1. The molecule has 280 valence electrons. The molecule has 60 heavy (non-hydrogen) atoms. The molecule has 13 rings (SSSR count). The van der Waals surface area contributed by atoms with E-state index in [1.165, 1.54) is 126 Å². The van der Waals surface area contributed by atoms with Gasteiger partial charge in [-0.25, -0.2) is 0 Å². The minimum atomic E-state index is -0.176. The molecule has 0 N–H and O–H groups in total. The highest BCUT2D eigenvalue weighted by Crippen LogP contribution is 2.57. The van der Waals surface area contributed by atoms with Crippen LogP contribution in [0.2, 0.25) is 0 Å². The van der Waals surface area contributed by atoms with Crippen LogP contribution in [-0.2, 0) is 5.41 Å². The standard InChI is InChI=1S/C59H39N/c1-59(2)57-40-19-7-6-16-36(40)28-32-49(57)56-43-22-9-8-20-41(43)50-34-37(29-31-48(50)58(56)59)54-44-23-10-12-25-46(44)55(47-26-13-11-24-45(47)54)38-30-33-53-51(35-38)42-21-14-15-27-52(42)60(53)39-17-4-3-5-18-39/h3-35H,1-2H3. The lowest BCUT2D eigenvalue weighted by Crippen LogP contribution is -2.16. The van der Waals surface area contributed by atoms with Gasteiger partial charge in [0.25, 0.3) is 0 Å². The summed E-state index contributed by atoms with van der Waals surface area (Å²) in [7, 11) is 0. The van der Waals surface area contributed by atoms with Crippen LogP contribution >= 0.6 is 0 Å². The number of hydrogen-bond acceptors (Lipinski definition) is 0. The first-order valence-electron chi connectivity index (χ1n) is 21.1. The molecule has 1 nitrogen and oxygen atoms in total. The van der Waals surface area contributed by atoms with E-state index < -0.39 is 0 Å². The number of benzene rings is 11. The second kappa shape index (κ2) is 12.3.